The number of halogens is 1. The highest BCUT2D eigenvalue weighted by Crippen LogP contribution is 2.13. The number of benzene rings is 1. The Morgan fingerprint density at radius 1 is 1.58 bits per heavy atom. The zero-order valence-corrected chi connectivity index (χ0v) is 7.24. The summed E-state index contributed by atoms with van der Waals surface area (Å²) in [5, 5.41) is 0. The average molecular weight is 161 g/mol. The highest BCUT2D eigenvalue weighted by molar-refractivity contribution is 6.35. The summed E-state index contributed by atoms with van der Waals surface area (Å²) in [4.78, 5) is 0. The van der Waals surface area contributed by atoms with Crippen LogP contribution in [0, 0.1) is 19.7 Å². The molecule has 0 fully saturated rings. The molecular weight excluding hydrogens is 150 g/mol. The molecule has 0 aliphatic carbocycles. The SMILES string of the molecule is [2H]c1c(C)c([B])c(C=C)c(F)c1C. The number of hydrogen-bond acceptors (Lipinski definition) is 0. The zero-order chi connectivity index (χ0) is 10.2. The Bertz CT molecular complexity index is 343. The first-order chi connectivity index (χ1) is 6.00. The summed E-state index contributed by atoms with van der Waals surface area (Å²) in [6.07, 6.45) is 1.38. The van der Waals surface area contributed by atoms with Gasteiger partial charge >= 0.3 is 0 Å². The van der Waals surface area contributed by atoms with E-state index in [2.05, 4.69) is 6.58 Å². The van der Waals surface area contributed by atoms with Gasteiger partial charge in [-0.25, -0.2) is 4.39 Å². The molecule has 60 valence electrons. The predicted octanol–water partition coefficient (Wildman–Crippen LogP) is 1.88. The Morgan fingerprint density at radius 3 is 2.67 bits per heavy atom. The molecule has 0 saturated heterocycles. The molecule has 0 heterocycles. The molecule has 2 heteroatoms. The van der Waals surface area contributed by atoms with Crippen LogP contribution < -0.4 is 5.46 Å². The summed E-state index contributed by atoms with van der Waals surface area (Å²) in [5.41, 5.74) is 1.53. The monoisotopic (exact) mass is 161 g/mol. The van der Waals surface area contributed by atoms with Crippen molar-refractivity contribution in [1.29, 1.82) is 0 Å². The standard InChI is InChI=1S/C10H10BF/c1-4-8-9(11)6(2)5-7(3)10(8)12/h4-5H,1H2,2-3H3/i5D. The van der Waals surface area contributed by atoms with Gasteiger partial charge in [0.2, 0.25) is 0 Å². The van der Waals surface area contributed by atoms with Gasteiger partial charge in [-0.15, -0.1) is 0 Å². The largest absolute Gasteiger partial charge is 0.206 e. The second-order valence-electron chi connectivity index (χ2n) is 2.72. The summed E-state index contributed by atoms with van der Waals surface area (Å²) >= 11 is 0. The molecule has 0 bridgehead atoms. The van der Waals surface area contributed by atoms with Crippen LogP contribution in [0.3, 0.4) is 0 Å². The van der Waals surface area contributed by atoms with Crippen LogP contribution in [0.4, 0.5) is 4.39 Å². The molecule has 0 nitrogen and oxygen atoms in total. The summed E-state index contributed by atoms with van der Waals surface area (Å²) in [6, 6.07) is 0.167. The normalized spacial score (nSPS) is 11.1. The summed E-state index contributed by atoms with van der Waals surface area (Å²) in [5.74, 6) is -0.442. The second-order valence-corrected chi connectivity index (χ2v) is 2.72. The molecule has 0 aliphatic rings. The van der Waals surface area contributed by atoms with Gasteiger partial charge in [0, 0.05) is 5.56 Å². The van der Waals surface area contributed by atoms with E-state index in [4.69, 9.17) is 9.22 Å². The molecule has 0 N–H and O–H groups in total. The lowest BCUT2D eigenvalue weighted by atomic mass is 9.84. The van der Waals surface area contributed by atoms with Crippen LogP contribution in [0.2, 0.25) is 0 Å². The van der Waals surface area contributed by atoms with Crippen molar-refractivity contribution in [1.82, 2.24) is 0 Å². The maximum atomic E-state index is 13.4. The summed E-state index contributed by atoms with van der Waals surface area (Å²) < 4.78 is 21.0. The van der Waals surface area contributed by atoms with Crippen molar-refractivity contribution in [2.75, 3.05) is 0 Å². The predicted molar refractivity (Wildman–Crippen MR) is 51.4 cm³/mol. The fourth-order valence-electron chi connectivity index (χ4n) is 1.13. The van der Waals surface area contributed by atoms with E-state index in [9.17, 15) is 4.39 Å². The molecule has 0 aliphatic heterocycles. The maximum absolute atomic E-state index is 13.4. The van der Waals surface area contributed by atoms with Crippen molar-refractivity contribution in [3.63, 3.8) is 0 Å². The van der Waals surface area contributed by atoms with Crippen LogP contribution in [0.25, 0.3) is 6.08 Å². The quantitative estimate of drug-likeness (QED) is 0.551. The molecule has 0 aromatic heterocycles. The van der Waals surface area contributed by atoms with Crippen LogP contribution in [-0.4, -0.2) is 7.85 Å². The number of rotatable bonds is 1. The highest BCUT2D eigenvalue weighted by Gasteiger charge is 2.07. The van der Waals surface area contributed by atoms with Crippen molar-refractivity contribution in [2.24, 2.45) is 0 Å². The lowest BCUT2D eigenvalue weighted by molar-refractivity contribution is 0.616. The Labute approximate surface area is 74.9 Å². The van der Waals surface area contributed by atoms with Crippen molar-refractivity contribution in [3.8, 4) is 0 Å². The molecular formula is C10H10BF. The van der Waals surface area contributed by atoms with Crippen LogP contribution in [0.1, 0.15) is 18.1 Å². The van der Waals surface area contributed by atoms with Gasteiger partial charge in [-0.1, -0.05) is 29.7 Å². The summed E-state index contributed by atoms with van der Waals surface area (Å²) in [6.45, 7) is 6.76. The maximum Gasteiger partial charge on any atom is 0.132 e. The molecule has 0 atom stereocenters. The Morgan fingerprint density at radius 2 is 2.17 bits per heavy atom. The van der Waals surface area contributed by atoms with Gasteiger partial charge in [0.05, 0.1) is 1.37 Å². The molecule has 0 amide bonds. The Hall–Kier alpha value is -1.05. The van der Waals surface area contributed by atoms with E-state index in [-0.39, 0.29) is 6.04 Å². The molecule has 2 radical (unpaired) electrons. The lowest BCUT2D eigenvalue weighted by Crippen LogP contribution is -2.14. The van der Waals surface area contributed by atoms with Crippen molar-refractivity contribution < 1.29 is 5.76 Å². The van der Waals surface area contributed by atoms with Crippen LogP contribution in [-0.2, 0) is 0 Å². The zero-order valence-electron chi connectivity index (χ0n) is 8.24. The first-order valence-electron chi connectivity index (χ1n) is 4.17. The summed E-state index contributed by atoms with van der Waals surface area (Å²) in [7, 11) is 5.63. The lowest BCUT2D eigenvalue weighted by Gasteiger charge is -2.08. The Kier molecular flexibility index (Phi) is 1.99. The van der Waals surface area contributed by atoms with Gasteiger partial charge in [-0.05, 0) is 19.4 Å². The molecule has 0 saturated carbocycles. The first kappa shape index (κ1) is 7.60. The third kappa shape index (κ3) is 1.29. The van der Waals surface area contributed by atoms with Gasteiger partial charge in [-0.3, -0.25) is 0 Å². The molecule has 0 unspecified atom stereocenters. The van der Waals surface area contributed by atoms with Gasteiger partial charge in [0.25, 0.3) is 0 Å². The average Bonchev–Trinajstić information content (AvgIpc) is 2.13. The minimum atomic E-state index is -0.442. The van der Waals surface area contributed by atoms with E-state index in [1.807, 2.05) is 0 Å². The molecule has 1 aromatic carbocycles. The van der Waals surface area contributed by atoms with Crippen molar-refractivity contribution in [2.45, 2.75) is 13.8 Å². The van der Waals surface area contributed by atoms with E-state index in [1.165, 1.54) is 6.08 Å². The van der Waals surface area contributed by atoms with E-state index in [1.54, 1.807) is 13.8 Å². The minimum Gasteiger partial charge on any atom is -0.206 e. The molecule has 1 rings (SSSR count). The Balaban J connectivity index is 3.66. The van der Waals surface area contributed by atoms with E-state index in [0.717, 1.165) is 0 Å². The number of hydrogen-bond donors (Lipinski definition) is 0. The van der Waals surface area contributed by atoms with Crippen molar-refractivity contribution in [3.05, 3.63) is 35.1 Å². The fraction of sp³-hybridized carbons (Fsp3) is 0.200. The van der Waals surface area contributed by atoms with E-state index < -0.39 is 5.82 Å². The van der Waals surface area contributed by atoms with Crippen LogP contribution in [0.5, 0.6) is 0 Å². The molecule has 1 aromatic rings. The smallest absolute Gasteiger partial charge is 0.132 e. The third-order valence-electron chi connectivity index (χ3n) is 1.84. The van der Waals surface area contributed by atoms with Crippen LogP contribution >= 0.6 is 0 Å². The fourth-order valence-corrected chi connectivity index (χ4v) is 1.13. The highest BCUT2D eigenvalue weighted by atomic mass is 19.1. The van der Waals surface area contributed by atoms with Gasteiger partial charge < -0.3 is 0 Å². The topological polar surface area (TPSA) is 0 Å². The van der Waals surface area contributed by atoms with Gasteiger partial charge in [-0.2, -0.15) is 0 Å². The third-order valence-corrected chi connectivity index (χ3v) is 1.84. The van der Waals surface area contributed by atoms with Gasteiger partial charge in [0.15, 0.2) is 0 Å². The van der Waals surface area contributed by atoms with Gasteiger partial charge in [0.1, 0.15) is 13.7 Å². The first-order valence-corrected chi connectivity index (χ1v) is 3.67. The van der Waals surface area contributed by atoms with E-state index >= 15 is 0 Å². The van der Waals surface area contributed by atoms with Crippen LogP contribution in [0.15, 0.2) is 12.6 Å². The molecule has 12 heavy (non-hydrogen) atoms. The second kappa shape index (κ2) is 3.14. The van der Waals surface area contributed by atoms with Crippen molar-refractivity contribution >= 4 is 19.4 Å². The molecule has 0 spiro atoms. The van der Waals surface area contributed by atoms with E-state index in [0.29, 0.717) is 22.2 Å². The minimum absolute atomic E-state index is 0.167.